The first-order valence-electron chi connectivity index (χ1n) is 8.15. The van der Waals surface area contributed by atoms with E-state index in [0.717, 1.165) is 36.1 Å². The molecule has 0 radical (unpaired) electrons. The summed E-state index contributed by atoms with van der Waals surface area (Å²) >= 11 is 1.44. The Morgan fingerprint density at radius 2 is 2.00 bits per heavy atom. The Balaban J connectivity index is 1.75. The fourth-order valence-electron chi connectivity index (χ4n) is 2.77. The van der Waals surface area contributed by atoms with Crippen molar-refractivity contribution in [2.24, 2.45) is 0 Å². The van der Waals surface area contributed by atoms with Gasteiger partial charge in [-0.2, -0.15) is 0 Å². The third-order valence-electron chi connectivity index (χ3n) is 4.05. The number of amides is 1. The van der Waals surface area contributed by atoms with E-state index in [1.54, 1.807) is 6.92 Å². The molecule has 1 aromatic carbocycles. The molecule has 1 atom stereocenters. The summed E-state index contributed by atoms with van der Waals surface area (Å²) < 4.78 is 5.24. The van der Waals surface area contributed by atoms with Gasteiger partial charge in [-0.05, 0) is 45.2 Å². The number of thioether (sulfide) groups is 1. The molecule has 2 rings (SSSR count). The summed E-state index contributed by atoms with van der Waals surface area (Å²) in [5.74, 6) is -0.337. The number of ether oxygens (including phenoxy) is 1. The molecule has 0 aliphatic heterocycles. The summed E-state index contributed by atoms with van der Waals surface area (Å²) in [6, 6.07) is 6.37. The monoisotopic (exact) mass is 335 g/mol. The quantitative estimate of drug-likeness (QED) is 0.639. The van der Waals surface area contributed by atoms with Crippen LogP contribution in [0.3, 0.4) is 0 Å². The van der Waals surface area contributed by atoms with E-state index < -0.39 is 6.10 Å². The van der Waals surface area contributed by atoms with Crippen molar-refractivity contribution in [3.05, 3.63) is 29.3 Å². The maximum absolute atomic E-state index is 12.0. The Hall–Kier alpha value is -1.49. The van der Waals surface area contributed by atoms with Gasteiger partial charge in [0.15, 0.2) is 6.10 Å². The van der Waals surface area contributed by atoms with E-state index in [1.807, 2.05) is 26.0 Å². The average molecular weight is 335 g/mol. The van der Waals surface area contributed by atoms with Crippen molar-refractivity contribution in [2.45, 2.75) is 63.5 Å². The topological polar surface area (TPSA) is 55.4 Å². The zero-order chi connectivity index (χ0) is 16.8. The Morgan fingerprint density at radius 1 is 1.30 bits per heavy atom. The van der Waals surface area contributed by atoms with Crippen LogP contribution in [-0.2, 0) is 14.3 Å². The van der Waals surface area contributed by atoms with Gasteiger partial charge < -0.3 is 10.1 Å². The minimum absolute atomic E-state index is 0.193. The van der Waals surface area contributed by atoms with Crippen LogP contribution in [0.2, 0.25) is 0 Å². The lowest BCUT2D eigenvalue weighted by Crippen LogP contribution is -2.41. The summed E-state index contributed by atoms with van der Waals surface area (Å²) in [5, 5.41) is 2.95. The van der Waals surface area contributed by atoms with Crippen LogP contribution in [0.5, 0.6) is 0 Å². The number of benzene rings is 1. The second kappa shape index (κ2) is 8.39. The molecule has 1 aromatic rings. The molecule has 0 bridgehead atoms. The lowest BCUT2D eigenvalue weighted by atomic mass is 10.2. The van der Waals surface area contributed by atoms with E-state index in [4.69, 9.17) is 4.74 Å². The maximum Gasteiger partial charge on any atom is 0.317 e. The molecule has 5 heteroatoms. The Kier molecular flexibility index (Phi) is 6.51. The highest BCUT2D eigenvalue weighted by molar-refractivity contribution is 8.00. The molecule has 0 saturated heterocycles. The molecule has 4 nitrogen and oxygen atoms in total. The molecule has 23 heavy (non-hydrogen) atoms. The average Bonchev–Trinajstić information content (AvgIpc) is 2.99. The second-order valence-corrected chi connectivity index (χ2v) is 7.20. The summed E-state index contributed by atoms with van der Waals surface area (Å²) in [7, 11) is 0. The molecule has 0 heterocycles. The van der Waals surface area contributed by atoms with Gasteiger partial charge in [-0.1, -0.05) is 30.5 Å². The zero-order valence-electron chi connectivity index (χ0n) is 14.1. The number of rotatable bonds is 6. The number of aryl methyl sites for hydroxylation is 2. The molecular weight excluding hydrogens is 310 g/mol. The van der Waals surface area contributed by atoms with Crippen molar-refractivity contribution in [3.8, 4) is 0 Å². The predicted octanol–water partition coefficient (Wildman–Crippen LogP) is 3.39. The van der Waals surface area contributed by atoms with Gasteiger partial charge in [0.2, 0.25) is 0 Å². The first-order chi connectivity index (χ1) is 11.0. The highest BCUT2D eigenvalue weighted by atomic mass is 32.2. The van der Waals surface area contributed by atoms with E-state index in [9.17, 15) is 9.59 Å². The van der Waals surface area contributed by atoms with Gasteiger partial charge in [0.1, 0.15) is 0 Å². The largest absolute Gasteiger partial charge is 0.452 e. The number of hydrogen-bond acceptors (Lipinski definition) is 4. The van der Waals surface area contributed by atoms with Crippen molar-refractivity contribution < 1.29 is 14.3 Å². The van der Waals surface area contributed by atoms with Gasteiger partial charge in [-0.25, -0.2) is 0 Å². The molecule has 126 valence electrons. The second-order valence-electron chi connectivity index (χ2n) is 6.18. The number of esters is 1. The van der Waals surface area contributed by atoms with Crippen molar-refractivity contribution in [3.63, 3.8) is 0 Å². The van der Waals surface area contributed by atoms with E-state index in [1.165, 1.54) is 17.3 Å². The molecular formula is C18H25NO3S. The summed E-state index contributed by atoms with van der Waals surface area (Å²) in [4.78, 5) is 25.0. The minimum atomic E-state index is -0.734. The number of nitrogens with one attached hydrogen (secondary N) is 1. The van der Waals surface area contributed by atoms with Crippen molar-refractivity contribution in [2.75, 3.05) is 5.75 Å². The van der Waals surface area contributed by atoms with Crippen LogP contribution in [0.1, 0.15) is 43.7 Å². The lowest BCUT2D eigenvalue weighted by molar-refractivity contribution is -0.152. The van der Waals surface area contributed by atoms with Crippen molar-refractivity contribution in [1.29, 1.82) is 0 Å². The van der Waals surface area contributed by atoms with Crippen LogP contribution < -0.4 is 5.32 Å². The van der Waals surface area contributed by atoms with Crippen LogP contribution in [0, 0.1) is 13.8 Å². The fourth-order valence-corrected chi connectivity index (χ4v) is 3.56. The summed E-state index contributed by atoms with van der Waals surface area (Å²) in [6.45, 7) is 5.70. The van der Waals surface area contributed by atoms with Gasteiger partial charge in [0.25, 0.3) is 5.91 Å². The molecule has 0 unspecified atom stereocenters. The molecule has 1 saturated carbocycles. The van der Waals surface area contributed by atoms with Crippen LogP contribution in [-0.4, -0.2) is 29.8 Å². The zero-order valence-corrected chi connectivity index (χ0v) is 14.9. The van der Waals surface area contributed by atoms with Gasteiger partial charge in [0.05, 0.1) is 5.75 Å². The van der Waals surface area contributed by atoms with Crippen LogP contribution in [0.25, 0.3) is 0 Å². The fraction of sp³-hybridized carbons (Fsp3) is 0.556. The van der Waals surface area contributed by atoms with Crippen LogP contribution in [0.15, 0.2) is 23.1 Å². The standard InChI is InChI=1S/C18H25NO3S/c1-12-8-9-16(13(2)10-12)23-11-17(20)22-14(3)18(21)19-15-6-4-5-7-15/h8-10,14-15H,4-7,11H2,1-3H3,(H,19,21)/t14-/m0/s1. The Bertz CT molecular complexity index is 567. The van der Waals surface area contributed by atoms with Gasteiger partial charge in [-0.3, -0.25) is 9.59 Å². The van der Waals surface area contributed by atoms with E-state index in [-0.39, 0.29) is 23.7 Å². The molecule has 0 spiro atoms. The minimum Gasteiger partial charge on any atom is -0.452 e. The molecule has 0 aromatic heterocycles. The molecule has 1 amide bonds. The number of carbonyl (C=O) groups is 2. The Morgan fingerprint density at radius 3 is 2.65 bits per heavy atom. The van der Waals surface area contributed by atoms with E-state index in [2.05, 4.69) is 11.4 Å². The maximum atomic E-state index is 12.0. The van der Waals surface area contributed by atoms with Crippen molar-refractivity contribution >= 4 is 23.6 Å². The molecule has 1 N–H and O–H groups in total. The molecule has 1 fully saturated rings. The van der Waals surface area contributed by atoms with E-state index >= 15 is 0 Å². The van der Waals surface area contributed by atoms with Crippen LogP contribution >= 0.6 is 11.8 Å². The van der Waals surface area contributed by atoms with Crippen molar-refractivity contribution in [1.82, 2.24) is 5.32 Å². The van der Waals surface area contributed by atoms with Crippen LogP contribution in [0.4, 0.5) is 0 Å². The number of hydrogen-bond donors (Lipinski definition) is 1. The molecule has 1 aliphatic rings. The third kappa shape index (κ3) is 5.57. The first-order valence-corrected chi connectivity index (χ1v) is 9.14. The molecule has 1 aliphatic carbocycles. The van der Waals surface area contributed by atoms with E-state index in [0.29, 0.717) is 0 Å². The smallest absolute Gasteiger partial charge is 0.317 e. The summed E-state index contributed by atoms with van der Waals surface area (Å²) in [6.07, 6.45) is 3.63. The lowest BCUT2D eigenvalue weighted by Gasteiger charge is -2.17. The predicted molar refractivity (Wildman–Crippen MR) is 92.6 cm³/mol. The first kappa shape index (κ1) is 17.9. The summed E-state index contributed by atoms with van der Waals surface area (Å²) in [5.41, 5.74) is 2.35. The van der Waals surface area contributed by atoms with Gasteiger partial charge >= 0.3 is 5.97 Å². The SMILES string of the molecule is Cc1ccc(SCC(=O)O[C@@H](C)C(=O)NC2CCCC2)c(C)c1. The normalized spacial score (nSPS) is 16.1. The van der Waals surface area contributed by atoms with Gasteiger partial charge in [-0.15, -0.1) is 11.8 Å². The highest BCUT2D eigenvalue weighted by Gasteiger charge is 2.23. The van der Waals surface area contributed by atoms with Gasteiger partial charge in [0, 0.05) is 10.9 Å². The third-order valence-corrected chi connectivity index (χ3v) is 5.20. The highest BCUT2D eigenvalue weighted by Crippen LogP contribution is 2.23. The number of carbonyl (C=O) groups excluding carboxylic acids is 2. The Labute approximate surface area is 142 Å².